The zero-order valence-electron chi connectivity index (χ0n) is 19.8. The maximum Gasteiger partial charge on any atom is 0.363 e. The molecule has 1 fully saturated rings. The van der Waals surface area contributed by atoms with E-state index in [1.165, 1.54) is 30.3 Å². The van der Waals surface area contributed by atoms with Gasteiger partial charge in [-0.25, -0.2) is 4.79 Å². The molecule has 2 amide bonds. The summed E-state index contributed by atoms with van der Waals surface area (Å²) in [5, 5.41) is 18.7. The molecule has 10 nitrogen and oxygen atoms in total. The van der Waals surface area contributed by atoms with E-state index in [0.29, 0.717) is 23.6 Å². The molecule has 0 bridgehead atoms. The van der Waals surface area contributed by atoms with Crippen molar-refractivity contribution in [2.24, 2.45) is 10.2 Å². The van der Waals surface area contributed by atoms with Crippen LogP contribution in [0.5, 0.6) is 5.75 Å². The number of phenolic OH excluding ortho intramolecular Hbond substituents is 1. The SMILES string of the molecule is CC(C)(C)OC(=O)CCCc1ccc(O)c(N=Nc2ccc(C(=O)ON3C(=O)CCC3=O)cc2)c1. The van der Waals surface area contributed by atoms with Gasteiger partial charge in [-0.15, -0.1) is 10.2 Å². The number of benzene rings is 2. The van der Waals surface area contributed by atoms with Crippen LogP contribution in [0.25, 0.3) is 0 Å². The van der Waals surface area contributed by atoms with Gasteiger partial charge in [0.25, 0.3) is 11.8 Å². The summed E-state index contributed by atoms with van der Waals surface area (Å²) in [5.74, 6) is -2.26. The van der Waals surface area contributed by atoms with E-state index in [1.54, 1.807) is 12.1 Å². The van der Waals surface area contributed by atoms with Gasteiger partial charge in [0.1, 0.15) is 17.0 Å². The second-order valence-electron chi connectivity index (χ2n) is 8.97. The number of hydrogen-bond donors (Lipinski definition) is 1. The highest BCUT2D eigenvalue weighted by Gasteiger charge is 2.33. The first-order valence-electron chi connectivity index (χ1n) is 11.2. The Bertz CT molecular complexity index is 1130. The molecule has 1 aliphatic rings. The third-order valence-electron chi connectivity index (χ3n) is 4.86. The standard InChI is InChI=1S/C25H27N3O7/c1-25(2,3)34-23(32)6-4-5-16-7-12-20(29)19(15-16)27-26-18-10-8-17(9-11-18)24(33)35-28-21(30)13-14-22(28)31/h7-12,15,29H,4-6,13-14H2,1-3H3. The fourth-order valence-corrected chi connectivity index (χ4v) is 3.20. The molecule has 3 rings (SSSR count). The number of ether oxygens (including phenoxy) is 1. The van der Waals surface area contributed by atoms with E-state index < -0.39 is 23.4 Å². The molecular weight excluding hydrogens is 454 g/mol. The van der Waals surface area contributed by atoms with Crippen LogP contribution < -0.4 is 0 Å². The number of nitrogens with zero attached hydrogens (tertiary/aromatic N) is 3. The molecule has 0 spiro atoms. The van der Waals surface area contributed by atoms with Gasteiger partial charge < -0.3 is 14.7 Å². The first-order valence-corrected chi connectivity index (χ1v) is 11.2. The van der Waals surface area contributed by atoms with Crippen molar-refractivity contribution >= 4 is 35.1 Å². The Balaban J connectivity index is 1.58. The van der Waals surface area contributed by atoms with Crippen LogP contribution in [0, 0.1) is 0 Å². The van der Waals surface area contributed by atoms with Crippen LogP contribution in [0.2, 0.25) is 0 Å². The van der Waals surface area contributed by atoms with E-state index in [2.05, 4.69) is 10.2 Å². The highest BCUT2D eigenvalue weighted by Crippen LogP contribution is 2.30. The molecule has 2 aromatic rings. The minimum Gasteiger partial charge on any atom is -0.506 e. The first kappa shape index (κ1) is 25.5. The molecule has 2 aromatic carbocycles. The summed E-state index contributed by atoms with van der Waals surface area (Å²) >= 11 is 0. The zero-order chi connectivity index (χ0) is 25.6. The smallest absolute Gasteiger partial charge is 0.363 e. The maximum atomic E-state index is 12.2. The lowest BCUT2D eigenvalue weighted by atomic mass is 10.1. The average Bonchev–Trinajstić information content (AvgIpc) is 3.10. The fraction of sp³-hybridized carbons (Fsp3) is 0.360. The highest BCUT2D eigenvalue weighted by atomic mass is 16.7. The summed E-state index contributed by atoms with van der Waals surface area (Å²) in [6.07, 6.45) is 1.50. The quantitative estimate of drug-likeness (QED) is 0.328. The lowest BCUT2D eigenvalue weighted by Crippen LogP contribution is -2.32. The lowest BCUT2D eigenvalue weighted by Gasteiger charge is -2.19. The third kappa shape index (κ3) is 7.46. The lowest BCUT2D eigenvalue weighted by molar-refractivity contribution is -0.172. The van der Waals surface area contributed by atoms with Gasteiger partial charge in [-0.1, -0.05) is 6.07 Å². The number of carbonyl (C=O) groups excluding carboxylic acids is 4. The van der Waals surface area contributed by atoms with Crippen molar-refractivity contribution in [1.82, 2.24) is 5.06 Å². The number of aryl methyl sites for hydroxylation is 1. The second-order valence-corrected chi connectivity index (χ2v) is 8.97. The molecule has 35 heavy (non-hydrogen) atoms. The van der Waals surface area contributed by atoms with Gasteiger partial charge in [-0.2, -0.15) is 5.11 Å². The van der Waals surface area contributed by atoms with Crippen molar-refractivity contribution in [1.29, 1.82) is 0 Å². The van der Waals surface area contributed by atoms with Crippen molar-refractivity contribution in [2.75, 3.05) is 0 Å². The van der Waals surface area contributed by atoms with Gasteiger partial charge in [-0.3, -0.25) is 14.4 Å². The Hall–Kier alpha value is -4.08. The molecule has 0 aliphatic carbocycles. The van der Waals surface area contributed by atoms with Crippen LogP contribution in [0.15, 0.2) is 52.7 Å². The molecule has 10 heteroatoms. The Morgan fingerprint density at radius 2 is 1.66 bits per heavy atom. The predicted octanol–water partition coefficient (Wildman–Crippen LogP) is 4.69. The summed E-state index contributed by atoms with van der Waals surface area (Å²) in [4.78, 5) is 52.0. The highest BCUT2D eigenvalue weighted by molar-refractivity contribution is 6.02. The molecule has 0 unspecified atom stereocenters. The number of rotatable bonds is 8. The largest absolute Gasteiger partial charge is 0.506 e. The monoisotopic (exact) mass is 481 g/mol. The third-order valence-corrected chi connectivity index (χ3v) is 4.86. The normalized spacial score (nSPS) is 14.0. The van der Waals surface area contributed by atoms with Crippen LogP contribution >= 0.6 is 0 Å². The van der Waals surface area contributed by atoms with Crippen LogP contribution in [0.4, 0.5) is 11.4 Å². The Morgan fingerprint density at radius 1 is 1.00 bits per heavy atom. The van der Waals surface area contributed by atoms with Gasteiger partial charge in [0.05, 0.1) is 11.3 Å². The molecular formula is C25H27N3O7. The van der Waals surface area contributed by atoms with Gasteiger partial charge in [0, 0.05) is 19.3 Å². The van der Waals surface area contributed by atoms with E-state index >= 15 is 0 Å². The number of esters is 1. The van der Waals surface area contributed by atoms with Gasteiger partial charge >= 0.3 is 11.9 Å². The van der Waals surface area contributed by atoms with Crippen LogP contribution in [-0.2, 0) is 30.4 Å². The number of imide groups is 1. The maximum absolute atomic E-state index is 12.2. The molecule has 1 heterocycles. The van der Waals surface area contributed by atoms with Crippen LogP contribution in [0.3, 0.4) is 0 Å². The van der Waals surface area contributed by atoms with E-state index in [0.717, 1.165) is 5.56 Å². The van der Waals surface area contributed by atoms with Crippen molar-refractivity contribution in [2.45, 2.75) is 58.5 Å². The summed E-state index contributed by atoms with van der Waals surface area (Å²) in [7, 11) is 0. The van der Waals surface area contributed by atoms with Crippen molar-refractivity contribution in [3.05, 3.63) is 53.6 Å². The molecule has 0 aromatic heterocycles. The van der Waals surface area contributed by atoms with E-state index in [9.17, 15) is 24.3 Å². The van der Waals surface area contributed by atoms with E-state index in [1.807, 2.05) is 20.8 Å². The van der Waals surface area contributed by atoms with E-state index in [-0.39, 0.29) is 42.2 Å². The van der Waals surface area contributed by atoms with E-state index in [4.69, 9.17) is 9.57 Å². The molecule has 0 atom stereocenters. The molecule has 1 aliphatic heterocycles. The number of hydrogen-bond acceptors (Lipinski definition) is 9. The number of phenols is 1. The predicted molar refractivity (Wildman–Crippen MR) is 124 cm³/mol. The summed E-state index contributed by atoms with van der Waals surface area (Å²) in [5.41, 5.74) is 1.16. The average molecular weight is 482 g/mol. The Kier molecular flexibility index (Phi) is 7.95. The number of azo groups is 1. The molecule has 0 saturated carbocycles. The minimum absolute atomic E-state index is 0.0171. The van der Waals surface area contributed by atoms with Crippen LogP contribution in [0.1, 0.15) is 62.4 Å². The van der Waals surface area contributed by atoms with Gasteiger partial charge in [0.2, 0.25) is 0 Å². The molecule has 1 saturated heterocycles. The first-order chi connectivity index (χ1) is 16.5. The fourth-order valence-electron chi connectivity index (χ4n) is 3.20. The van der Waals surface area contributed by atoms with Gasteiger partial charge in [0.15, 0.2) is 0 Å². The topological polar surface area (TPSA) is 135 Å². The number of aromatic hydroxyl groups is 1. The number of amides is 2. The van der Waals surface area contributed by atoms with Gasteiger partial charge in [-0.05, 0) is 75.6 Å². The molecule has 0 radical (unpaired) electrons. The van der Waals surface area contributed by atoms with Crippen molar-refractivity contribution < 1.29 is 33.9 Å². The molecule has 184 valence electrons. The van der Waals surface area contributed by atoms with Crippen LogP contribution in [-0.4, -0.2) is 39.5 Å². The second kappa shape index (κ2) is 10.9. The van der Waals surface area contributed by atoms with Crippen molar-refractivity contribution in [3.8, 4) is 5.75 Å². The Labute approximate surface area is 202 Å². The summed E-state index contributed by atoms with van der Waals surface area (Å²) in [6, 6.07) is 10.8. The summed E-state index contributed by atoms with van der Waals surface area (Å²) in [6.45, 7) is 5.46. The molecule has 1 N–H and O–H groups in total. The minimum atomic E-state index is -0.839. The summed E-state index contributed by atoms with van der Waals surface area (Å²) < 4.78 is 5.30. The number of hydroxylamine groups is 2. The number of carbonyl (C=O) groups is 4. The van der Waals surface area contributed by atoms with Crippen molar-refractivity contribution in [3.63, 3.8) is 0 Å². The Morgan fingerprint density at radius 3 is 2.29 bits per heavy atom. The zero-order valence-corrected chi connectivity index (χ0v) is 19.8.